The lowest BCUT2D eigenvalue weighted by Gasteiger charge is -2.36. The van der Waals surface area contributed by atoms with Gasteiger partial charge in [0.25, 0.3) is 0 Å². The van der Waals surface area contributed by atoms with Gasteiger partial charge in [-0.1, -0.05) is 27.2 Å². The van der Waals surface area contributed by atoms with Crippen molar-refractivity contribution < 1.29 is 14.7 Å². The zero-order valence-corrected chi connectivity index (χ0v) is 12.9. The fourth-order valence-electron chi connectivity index (χ4n) is 2.41. The molecule has 1 aliphatic heterocycles. The Bertz CT molecular complexity index is 358. The molecule has 0 aromatic carbocycles. The van der Waals surface area contributed by atoms with Crippen molar-refractivity contribution >= 4 is 23.6 Å². The van der Waals surface area contributed by atoms with E-state index in [-0.39, 0.29) is 17.2 Å². The summed E-state index contributed by atoms with van der Waals surface area (Å²) >= 11 is 1.53. The molecule has 0 aromatic heterocycles. The maximum Gasteiger partial charge on any atom is 0.327 e. The van der Waals surface area contributed by atoms with Crippen molar-refractivity contribution in [3.63, 3.8) is 0 Å². The molecule has 0 bridgehead atoms. The summed E-state index contributed by atoms with van der Waals surface area (Å²) in [6, 6.07) is -0.760. The third-order valence-electron chi connectivity index (χ3n) is 3.38. The first-order valence-electron chi connectivity index (χ1n) is 6.68. The zero-order chi connectivity index (χ0) is 14.8. The molecule has 110 valence electrons. The fraction of sp³-hybridized carbons (Fsp3) is 0.846. The second-order valence-corrected chi connectivity index (χ2v) is 6.85. The number of amides is 1. The number of rotatable bonds is 5. The molecule has 0 aliphatic carbocycles. The van der Waals surface area contributed by atoms with Gasteiger partial charge in [0.15, 0.2) is 0 Å². The van der Waals surface area contributed by atoms with Crippen LogP contribution in [0.2, 0.25) is 0 Å². The van der Waals surface area contributed by atoms with Gasteiger partial charge in [-0.15, -0.1) is 11.8 Å². The van der Waals surface area contributed by atoms with Crippen LogP contribution in [0, 0.1) is 5.92 Å². The van der Waals surface area contributed by atoms with Crippen molar-refractivity contribution in [2.45, 2.75) is 57.5 Å². The van der Waals surface area contributed by atoms with Gasteiger partial charge >= 0.3 is 5.97 Å². The second-order valence-electron chi connectivity index (χ2n) is 5.70. The first-order chi connectivity index (χ1) is 8.72. The van der Waals surface area contributed by atoms with Crippen molar-refractivity contribution in [3.05, 3.63) is 0 Å². The monoisotopic (exact) mass is 288 g/mol. The molecule has 0 spiro atoms. The summed E-state index contributed by atoms with van der Waals surface area (Å²) in [7, 11) is 0. The van der Waals surface area contributed by atoms with Crippen molar-refractivity contribution in [2.24, 2.45) is 11.7 Å². The molecule has 1 fully saturated rings. The summed E-state index contributed by atoms with van der Waals surface area (Å²) in [5, 5.41) is 9.18. The predicted molar refractivity (Wildman–Crippen MR) is 76.9 cm³/mol. The Labute approximate surface area is 118 Å². The van der Waals surface area contributed by atoms with Crippen LogP contribution < -0.4 is 5.73 Å². The van der Waals surface area contributed by atoms with Gasteiger partial charge in [-0.2, -0.15) is 0 Å². The number of carboxylic acids is 1. The molecule has 3 atom stereocenters. The van der Waals surface area contributed by atoms with Gasteiger partial charge in [0.2, 0.25) is 5.91 Å². The Balaban J connectivity index is 3.02. The Hall–Kier alpha value is -0.750. The Morgan fingerprint density at radius 2 is 2.11 bits per heavy atom. The molecule has 1 saturated heterocycles. The van der Waals surface area contributed by atoms with Crippen molar-refractivity contribution in [3.8, 4) is 0 Å². The quantitative estimate of drug-likeness (QED) is 0.801. The van der Waals surface area contributed by atoms with Crippen LogP contribution in [0.5, 0.6) is 0 Å². The second kappa shape index (κ2) is 6.13. The molecule has 1 rings (SSSR count). The van der Waals surface area contributed by atoms with Gasteiger partial charge in [-0.3, -0.25) is 4.79 Å². The number of thioether (sulfide) groups is 1. The molecular weight excluding hydrogens is 264 g/mol. The van der Waals surface area contributed by atoms with E-state index in [1.807, 2.05) is 20.8 Å². The summed E-state index contributed by atoms with van der Waals surface area (Å²) in [6.07, 6.45) is 1.36. The highest BCUT2D eigenvalue weighted by atomic mass is 32.2. The molecule has 19 heavy (non-hydrogen) atoms. The van der Waals surface area contributed by atoms with Crippen LogP contribution in [0.1, 0.15) is 40.5 Å². The summed E-state index contributed by atoms with van der Waals surface area (Å²) < 4.78 is 0. The van der Waals surface area contributed by atoms with Crippen LogP contribution in [-0.4, -0.2) is 44.6 Å². The number of nitrogens with zero attached hydrogens (tertiary/aromatic N) is 1. The number of hydrogen-bond acceptors (Lipinski definition) is 4. The van der Waals surface area contributed by atoms with E-state index in [4.69, 9.17) is 5.73 Å². The number of carbonyl (C=O) groups is 2. The van der Waals surface area contributed by atoms with Crippen LogP contribution >= 0.6 is 11.8 Å². The smallest absolute Gasteiger partial charge is 0.327 e. The molecule has 6 heteroatoms. The minimum Gasteiger partial charge on any atom is -0.480 e. The van der Waals surface area contributed by atoms with Crippen molar-refractivity contribution in [2.75, 3.05) is 5.75 Å². The van der Waals surface area contributed by atoms with Crippen LogP contribution in [0.25, 0.3) is 0 Å². The topological polar surface area (TPSA) is 83.6 Å². The van der Waals surface area contributed by atoms with Gasteiger partial charge in [0.05, 0.1) is 10.9 Å². The first kappa shape index (κ1) is 16.3. The molecule has 0 aromatic rings. The van der Waals surface area contributed by atoms with Crippen LogP contribution in [-0.2, 0) is 9.59 Å². The average molecular weight is 288 g/mol. The van der Waals surface area contributed by atoms with E-state index >= 15 is 0 Å². The summed E-state index contributed by atoms with van der Waals surface area (Å²) in [4.78, 5) is 25.4. The number of hydrogen-bond donors (Lipinski definition) is 2. The molecule has 1 amide bonds. The van der Waals surface area contributed by atoms with Crippen molar-refractivity contribution in [1.29, 1.82) is 0 Å². The van der Waals surface area contributed by atoms with E-state index in [0.29, 0.717) is 12.2 Å². The maximum absolute atomic E-state index is 12.6. The average Bonchev–Trinajstić information content (AvgIpc) is 2.71. The maximum atomic E-state index is 12.6. The molecule has 1 heterocycles. The Kier molecular flexibility index (Phi) is 5.26. The molecule has 1 aliphatic rings. The lowest BCUT2D eigenvalue weighted by molar-refractivity contribution is -0.152. The third-order valence-corrected chi connectivity index (χ3v) is 5.00. The lowest BCUT2D eigenvalue weighted by Crippen LogP contribution is -2.58. The van der Waals surface area contributed by atoms with Crippen LogP contribution in [0.15, 0.2) is 0 Å². The molecule has 3 N–H and O–H groups in total. The normalized spacial score (nSPS) is 26.5. The summed E-state index contributed by atoms with van der Waals surface area (Å²) in [5.74, 6) is -0.552. The molecule has 0 radical (unpaired) electrons. The minimum absolute atomic E-state index is 0.103. The van der Waals surface area contributed by atoms with Gasteiger partial charge in [-0.25, -0.2) is 4.79 Å². The Morgan fingerprint density at radius 1 is 1.53 bits per heavy atom. The first-order valence-corrected chi connectivity index (χ1v) is 7.73. The molecule has 3 unspecified atom stereocenters. The highest BCUT2D eigenvalue weighted by Crippen LogP contribution is 2.35. The standard InChI is InChI=1S/C13H24N2O3S/c1-5-6-13(4,14)12(18)15-9(11(16)17)7-19-10(15)8(2)3/h8-10H,5-7,14H2,1-4H3,(H,16,17). The summed E-state index contributed by atoms with van der Waals surface area (Å²) in [5.41, 5.74) is 5.10. The summed E-state index contributed by atoms with van der Waals surface area (Å²) in [6.45, 7) is 7.65. The largest absolute Gasteiger partial charge is 0.480 e. The van der Waals surface area contributed by atoms with E-state index < -0.39 is 17.6 Å². The van der Waals surface area contributed by atoms with Gasteiger partial charge in [-0.05, 0) is 19.3 Å². The van der Waals surface area contributed by atoms with E-state index in [2.05, 4.69) is 0 Å². The van der Waals surface area contributed by atoms with Crippen LogP contribution in [0.4, 0.5) is 0 Å². The number of aliphatic carboxylic acids is 1. The van der Waals surface area contributed by atoms with Gasteiger partial charge in [0.1, 0.15) is 6.04 Å². The SMILES string of the molecule is CCCC(C)(N)C(=O)N1C(C(=O)O)CSC1C(C)C. The minimum atomic E-state index is -0.986. The zero-order valence-electron chi connectivity index (χ0n) is 12.0. The van der Waals surface area contributed by atoms with Crippen LogP contribution in [0.3, 0.4) is 0 Å². The highest BCUT2D eigenvalue weighted by molar-refractivity contribution is 8.00. The number of carbonyl (C=O) groups excluding carboxylic acids is 1. The molecular formula is C13H24N2O3S. The lowest BCUT2D eigenvalue weighted by atomic mass is 9.94. The number of carboxylic acid groups (broad SMARTS) is 1. The number of nitrogens with two attached hydrogens (primary N) is 1. The molecule has 0 saturated carbocycles. The van der Waals surface area contributed by atoms with Crippen molar-refractivity contribution in [1.82, 2.24) is 4.90 Å². The van der Waals surface area contributed by atoms with Gasteiger partial charge in [0, 0.05) is 5.75 Å². The fourth-order valence-corrected chi connectivity index (χ4v) is 3.88. The van der Waals surface area contributed by atoms with E-state index in [9.17, 15) is 14.7 Å². The van der Waals surface area contributed by atoms with E-state index in [0.717, 1.165) is 6.42 Å². The third kappa shape index (κ3) is 3.42. The predicted octanol–water partition coefficient (Wildman–Crippen LogP) is 1.51. The highest BCUT2D eigenvalue weighted by Gasteiger charge is 2.46. The Morgan fingerprint density at radius 3 is 2.53 bits per heavy atom. The van der Waals surface area contributed by atoms with E-state index in [1.54, 1.807) is 6.92 Å². The van der Waals surface area contributed by atoms with Gasteiger partial charge < -0.3 is 15.7 Å². The van der Waals surface area contributed by atoms with E-state index in [1.165, 1.54) is 16.7 Å². The molecule has 5 nitrogen and oxygen atoms in total.